The van der Waals surface area contributed by atoms with Crippen LogP contribution in [0.15, 0.2) is 21.9 Å². The number of hydrogen-bond acceptors (Lipinski definition) is 3. The van der Waals surface area contributed by atoms with Crippen molar-refractivity contribution in [3.63, 3.8) is 0 Å². The highest BCUT2D eigenvalue weighted by Gasteiger charge is 1.85. The van der Waals surface area contributed by atoms with E-state index in [1.54, 1.807) is 6.92 Å². The van der Waals surface area contributed by atoms with Crippen molar-refractivity contribution in [1.82, 2.24) is 9.97 Å². The minimum absolute atomic E-state index is 0.361. The summed E-state index contributed by atoms with van der Waals surface area (Å²) in [7, 11) is 0. The summed E-state index contributed by atoms with van der Waals surface area (Å²) < 4.78 is 0. The third-order valence-electron chi connectivity index (χ3n) is 0.969. The molecule has 0 aliphatic heterocycles. The molecule has 0 amide bonds. The first-order valence-electron chi connectivity index (χ1n) is 2.76. The second-order valence-electron chi connectivity index (χ2n) is 1.91. The Labute approximate surface area is 56.6 Å². The highest BCUT2D eigenvalue weighted by molar-refractivity contribution is 4.94. The summed E-state index contributed by atoms with van der Waals surface area (Å²) in [4.78, 5) is 26.9. The molecule has 0 unspecified atom stereocenters. The molecule has 0 saturated heterocycles. The largest absolute Gasteiger partial charge is 0.325 e. The van der Waals surface area contributed by atoms with Gasteiger partial charge in [0.15, 0.2) is 0 Å². The Morgan fingerprint density at radius 1 is 1.50 bits per heavy atom. The Balaban J connectivity index is 3.58. The molecular weight excluding hydrogens is 132 g/mol. The Kier molecular flexibility index (Phi) is 1.62. The van der Waals surface area contributed by atoms with Gasteiger partial charge in [0.05, 0.1) is 6.20 Å². The first-order chi connectivity index (χ1) is 4.68. The van der Waals surface area contributed by atoms with Gasteiger partial charge in [-0.3, -0.25) is 9.59 Å². The maximum Gasteiger partial charge on any atom is 0.271 e. The third kappa shape index (κ3) is 1.51. The van der Waals surface area contributed by atoms with Crippen molar-refractivity contribution in [3.05, 3.63) is 38.7 Å². The number of aromatic amines is 1. The topological polar surface area (TPSA) is 62.8 Å². The predicted molar refractivity (Wildman–Crippen MR) is 35.9 cm³/mol. The molecule has 0 aliphatic rings. The lowest BCUT2D eigenvalue weighted by molar-refractivity contribution is 1.16. The van der Waals surface area contributed by atoms with Crippen LogP contribution in [0.1, 0.15) is 5.69 Å². The van der Waals surface area contributed by atoms with Gasteiger partial charge < -0.3 is 4.98 Å². The van der Waals surface area contributed by atoms with E-state index in [1.165, 1.54) is 6.07 Å². The van der Waals surface area contributed by atoms with Crippen molar-refractivity contribution < 1.29 is 0 Å². The molecule has 1 N–H and O–H groups in total. The SMILES string of the molecule is Cc1cc(=O)ncc(=O)[nH]1. The van der Waals surface area contributed by atoms with Crippen LogP contribution in [0.5, 0.6) is 0 Å². The fourth-order valence-corrected chi connectivity index (χ4v) is 0.607. The minimum Gasteiger partial charge on any atom is -0.325 e. The Bertz CT molecular complexity index is 309. The van der Waals surface area contributed by atoms with E-state index in [-0.39, 0.29) is 5.56 Å². The molecule has 0 bridgehead atoms. The lowest BCUT2D eigenvalue weighted by atomic mass is 10.5. The zero-order valence-corrected chi connectivity index (χ0v) is 5.42. The fourth-order valence-electron chi connectivity index (χ4n) is 0.607. The molecule has 0 fully saturated rings. The molecule has 0 aromatic carbocycles. The van der Waals surface area contributed by atoms with E-state index >= 15 is 0 Å². The number of aryl methyl sites for hydroxylation is 1. The molecule has 1 aromatic heterocycles. The summed E-state index contributed by atoms with van der Waals surface area (Å²) in [6.07, 6.45) is 0.968. The van der Waals surface area contributed by atoms with E-state index in [2.05, 4.69) is 9.97 Å². The maximum absolute atomic E-state index is 10.6. The quantitative estimate of drug-likeness (QED) is 0.522. The molecular formula is C6H6N2O2. The molecule has 10 heavy (non-hydrogen) atoms. The molecule has 52 valence electrons. The standard InChI is InChI=1S/C6H6N2O2/c1-4-2-5(9)7-3-6(10)8-4/h2-3H,1H3,(H,8,10). The van der Waals surface area contributed by atoms with E-state index in [0.717, 1.165) is 6.20 Å². The Morgan fingerprint density at radius 3 is 2.90 bits per heavy atom. The van der Waals surface area contributed by atoms with E-state index in [0.29, 0.717) is 5.69 Å². The van der Waals surface area contributed by atoms with Gasteiger partial charge in [0.1, 0.15) is 0 Å². The molecule has 1 rings (SSSR count). The van der Waals surface area contributed by atoms with Crippen molar-refractivity contribution in [1.29, 1.82) is 0 Å². The monoisotopic (exact) mass is 138 g/mol. The van der Waals surface area contributed by atoms with Crippen LogP contribution in [-0.4, -0.2) is 9.97 Å². The fraction of sp³-hybridized carbons (Fsp3) is 0.167. The van der Waals surface area contributed by atoms with Crippen molar-refractivity contribution in [2.24, 2.45) is 0 Å². The number of aromatic nitrogens is 2. The van der Waals surface area contributed by atoms with Gasteiger partial charge in [-0.25, -0.2) is 4.98 Å². The molecule has 0 spiro atoms. The van der Waals surface area contributed by atoms with Crippen LogP contribution in [0, 0.1) is 6.92 Å². The van der Waals surface area contributed by atoms with Gasteiger partial charge in [0, 0.05) is 11.8 Å². The van der Waals surface area contributed by atoms with Crippen molar-refractivity contribution in [3.8, 4) is 0 Å². The first kappa shape index (κ1) is 6.67. The van der Waals surface area contributed by atoms with Crippen LogP contribution in [0.4, 0.5) is 0 Å². The van der Waals surface area contributed by atoms with E-state index in [1.807, 2.05) is 0 Å². The lowest BCUT2D eigenvalue weighted by Crippen LogP contribution is -2.01. The summed E-state index contributed by atoms with van der Waals surface area (Å²) >= 11 is 0. The van der Waals surface area contributed by atoms with Crippen LogP contribution < -0.4 is 11.1 Å². The Morgan fingerprint density at radius 2 is 2.20 bits per heavy atom. The summed E-state index contributed by atoms with van der Waals surface area (Å²) in [5.74, 6) is 0. The number of H-pyrrole nitrogens is 1. The summed E-state index contributed by atoms with van der Waals surface area (Å²) in [5.41, 5.74) is -0.247. The van der Waals surface area contributed by atoms with Crippen molar-refractivity contribution in [2.45, 2.75) is 6.92 Å². The predicted octanol–water partition coefficient (Wildman–Crippen LogP) is -0.561. The minimum atomic E-state index is -0.407. The van der Waals surface area contributed by atoms with Crippen LogP contribution in [0.25, 0.3) is 0 Å². The number of rotatable bonds is 0. The van der Waals surface area contributed by atoms with E-state index in [9.17, 15) is 9.59 Å². The molecule has 1 aromatic rings. The molecule has 0 saturated carbocycles. The van der Waals surface area contributed by atoms with Crippen LogP contribution >= 0.6 is 0 Å². The highest BCUT2D eigenvalue weighted by Crippen LogP contribution is 1.74. The van der Waals surface area contributed by atoms with Gasteiger partial charge in [-0.2, -0.15) is 0 Å². The third-order valence-corrected chi connectivity index (χ3v) is 0.969. The van der Waals surface area contributed by atoms with Gasteiger partial charge in [0.2, 0.25) is 0 Å². The highest BCUT2D eigenvalue weighted by atomic mass is 16.1. The number of nitrogens with one attached hydrogen (secondary N) is 1. The van der Waals surface area contributed by atoms with Gasteiger partial charge in [-0.1, -0.05) is 0 Å². The lowest BCUT2D eigenvalue weighted by Gasteiger charge is -1.76. The summed E-state index contributed by atoms with van der Waals surface area (Å²) in [6, 6.07) is 1.27. The maximum atomic E-state index is 10.6. The van der Waals surface area contributed by atoms with E-state index < -0.39 is 5.56 Å². The van der Waals surface area contributed by atoms with Gasteiger partial charge in [-0.05, 0) is 6.92 Å². The molecule has 1 heterocycles. The first-order valence-corrected chi connectivity index (χ1v) is 2.76. The molecule has 0 radical (unpaired) electrons. The van der Waals surface area contributed by atoms with Crippen molar-refractivity contribution >= 4 is 0 Å². The zero-order chi connectivity index (χ0) is 7.56. The second kappa shape index (κ2) is 2.43. The molecule has 0 atom stereocenters. The number of hydrogen-bond donors (Lipinski definition) is 1. The van der Waals surface area contributed by atoms with Crippen LogP contribution in [-0.2, 0) is 0 Å². The average Bonchev–Trinajstić information content (AvgIpc) is 1.93. The van der Waals surface area contributed by atoms with Crippen molar-refractivity contribution in [2.75, 3.05) is 0 Å². The van der Waals surface area contributed by atoms with Gasteiger partial charge in [0.25, 0.3) is 11.1 Å². The second-order valence-corrected chi connectivity index (χ2v) is 1.91. The average molecular weight is 138 g/mol. The molecule has 4 nitrogen and oxygen atoms in total. The van der Waals surface area contributed by atoms with E-state index in [4.69, 9.17) is 0 Å². The van der Waals surface area contributed by atoms with Gasteiger partial charge in [-0.15, -0.1) is 0 Å². The molecule has 4 heteroatoms. The van der Waals surface area contributed by atoms with Crippen LogP contribution in [0.2, 0.25) is 0 Å². The summed E-state index contributed by atoms with van der Waals surface area (Å²) in [5, 5.41) is 0. The molecule has 0 aliphatic carbocycles. The van der Waals surface area contributed by atoms with Gasteiger partial charge >= 0.3 is 0 Å². The Hall–Kier alpha value is -1.45. The number of nitrogens with zero attached hydrogens (tertiary/aromatic N) is 1. The smallest absolute Gasteiger partial charge is 0.271 e. The zero-order valence-electron chi connectivity index (χ0n) is 5.42. The summed E-state index contributed by atoms with van der Waals surface area (Å²) in [6.45, 7) is 1.63. The normalized spacial score (nSPS) is 9.30. The van der Waals surface area contributed by atoms with Crippen LogP contribution in [0.3, 0.4) is 0 Å².